The Bertz CT molecular complexity index is 534. The summed E-state index contributed by atoms with van der Waals surface area (Å²) in [6.07, 6.45) is 0.992. The standard InChI is InChI=1S/C15H21ClN2O3/c1-4-15(3,8-9-19)18-14(21)13(20)17-11-7-5-6-10(2)12(11)16/h5-7,19H,4,8-9H2,1-3H3,(H,17,20)(H,18,21). The number of halogens is 1. The van der Waals surface area contributed by atoms with Crippen LogP contribution in [0.5, 0.6) is 0 Å². The minimum absolute atomic E-state index is 0.0596. The van der Waals surface area contributed by atoms with E-state index in [0.29, 0.717) is 23.6 Å². The molecule has 0 radical (unpaired) electrons. The molecule has 6 heteroatoms. The molecular weight excluding hydrogens is 292 g/mol. The number of aryl methyl sites for hydroxylation is 1. The van der Waals surface area contributed by atoms with E-state index in [9.17, 15) is 9.59 Å². The van der Waals surface area contributed by atoms with Crippen LogP contribution in [-0.2, 0) is 9.59 Å². The fourth-order valence-electron chi connectivity index (χ4n) is 1.83. The van der Waals surface area contributed by atoms with E-state index in [4.69, 9.17) is 16.7 Å². The highest BCUT2D eigenvalue weighted by Crippen LogP contribution is 2.25. The van der Waals surface area contributed by atoms with Crippen LogP contribution in [0.2, 0.25) is 5.02 Å². The summed E-state index contributed by atoms with van der Waals surface area (Å²) in [5.74, 6) is -1.52. The molecule has 0 heterocycles. The molecule has 5 nitrogen and oxygen atoms in total. The number of rotatable bonds is 5. The molecule has 1 aromatic rings. The van der Waals surface area contributed by atoms with Gasteiger partial charge in [0.25, 0.3) is 0 Å². The summed E-state index contributed by atoms with van der Waals surface area (Å²) in [7, 11) is 0. The van der Waals surface area contributed by atoms with Gasteiger partial charge in [-0.05, 0) is 38.3 Å². The first-order valence-corrected chi connectivity index (χ1v) is 7.20. The molecule has 0 fully saturated rings. The Hall–Kier alpha value is -1.59. The van der Waals surface area contributed by atoms with Gasteiger partial charge in [0.1, 0.15) is 0 Å². The third-order valence-electron chi connectivity index (χ3n) is 3.51. The molecule has 0 spiro atoms. The van der Waals surface area contributed by atoms with Gasteiger partial charge >= 0.3 is 11.8 Å². The number of aliphatic hydroxyl groups is 1. The molecule has 1 aromatic carbocycles. The molecule has 0 saturated heterocycles. The molecule has 21 heavy (non-hydrogen) atoms. The van der Waals surface area contributed by atoms with E-state index in [2.05, 4.69) is 10.6 Å². The zero-order valence-electron chi connectivity index (χ0n) is 12.5. The van der Waals surface area contributed by atoms with Crippen molar-refractivity contribution in [3.8, 4) is 0 Å². The average molecular weight is 313 g/mol. The lowest BCUT2D eigenvalue weighted by Crippen LogP contribution is -2.50. The van der Waals surface area contributed by atoms with Gasteiger partial charge in [0.05, 0.1) is 10.7 Å². The van der Waals surface area contributed by atoms with Crippen LogP contribution in [0.4, 0.5) is 5.69 Å². The van der Waals surface area contributed by atoms with E-state index in [1.54, 1.807) is 19.1 Å². The van der Waals surface area contributed by atoms with Crippen molar-refractivity contribution in [2.75, 3.05) is 11.9 Å². The fraction of sp³-hybridized carbons (Fsp3) is 0.467. The second-order valence-corrected chi connectivity index (χ2v) is 5.61. The van der Waals surface area contributed by atoms with Crippen molar-refractivity contribution >= 4 is 29.1 Å². The average Bonchev–Trinajstić information content (AvgIpc) is 2.44. The highest BCUT2D eigenvalue weighted by atomic mass is 35.5. The van der Waals surface area contributed by atoms with E-state index in [-0.39, 0.29) is 6.61 Å². The molecule has 1 rings (SSSR count). The highest BCUT2D eigenvalue weighted by Gasteiger charge is 2.27. The molecule has 0 saturated carbocycles. The minimum atomic E-state index is -0.778. The molecule has 1 unspecified atom stereocenters. The maximum atomic E-state index is 11.9. The Kier molecular flexibility index (Phi) is 6.18. The quantitative estimate of drug-likeness (QED) is 0.730. The lowest BCUT2D eigenvalue weighted by Gasteiger charge is -2.28. The second kappa shape index (κ2) is 7.43. The number of amides is 2. The minimum Gasteiger partial charge on any atom is -0.396 e. The molecule has 2 amide bonds. The number of hydrogen-bond acceptors (Lipinski definition) is 3. The molecule has 1 atom stereocenters. The van der Waals surface area contributed by atoms with Crippen molar-refractivity contribution in [2.45, 2.75) is 39.2 Å². The first-order valence-electron chi connectivity index (χ1n) is 6.82. The topological polar surface area (TPSA) is 78.4 Å². The number of carbonyl (C=O) groups excluding carboxylic acids is 2. The summed E-state index contributed by atoms with van der Waals surface area (Å²) < 4.78 is 0. The van der Waals surface area contributed by atoms with Crippen LogP contribution in [0.15, 0.2) is 18.2 Å². The highest BCUT2D eigenvalue weighted by molar-refractivity contribution is 6.41. The summed E-state index contributed by atoms with van der Waals surface area (Å²) in [4.78, 5) is 23.9. The second-order valence-electron chi connectivity index (χ2n) is 5.23. The lowest BCUT2D eigenvalue weighted by molar-refractivity contribution is -0.137. The first kappa shape index (κ1) is 17.5. The van der Waals surface area contributed by atoms with Crippen LogP contribution in [0.1, 0.15) is 32.3 Å². The number of aliphatic hydroxyl groups excluding tert-OH is 1. The largest absolute Gasteiger partial charge is 0.396 e. The summed E-state index contributed by atoms with van der Waals surface area (Å²) in [5, 5.41) is 14.6. The monoisotopic (exact) mass is 312 g/mol. The Labute approximate surface area is 129 Å². The SMILES string of the molecule is CCC(C)(CCO)NC(=O)C(=O)Nc1cccc(C)c1Cl. The zero-order chi connectivity index (χ0) is 16.0. The van der Waals surface area contributed by atoms with E-state index >= 15 is 0 Å². The van der Waals surface area contributed by atoms with Gasteiger partial charge in [-0.3, -0.25) is 9.59 Å². The maximum absolute atomic E-state index is 11.9. The molecule has 0 aliphatic carbocycles. The van der Waals surface area contributed by atoms with Gasteiger partial charge in [0, 0.05) is 12.1 Å². The van der Waals surface area contributed by atoms with Gasteiger partial charge in [-0.1, -0.05) is 30.7 Å². The van der Waals surface area contributed by atoms with Crippen LogP contribution < -0.4 is 10.6 Å². The predicted molar refractivity (Wildman–Crippen MR) is 83.4 cm³/mol. The van der Waals surface area contributed by atoms with E-state index in [0.717, 1.165) is 5.56 Å². The van der Waals surface area contributed by atoms with Crippen molar-refractivity contribution in [1.82, 2.24) is 5.32 Å². The van der Waals surface area contributed by atoms with Crippen molar-refractivity contribution in [1.29, 1.82) is 0 Å². The van der Waals surface area contributed by atoms with Crippen LogP contribution in [-0.4, -0.2) is 29.1 Å². The third-order valence-corrected chi connectivity index (χ3v) is 4.01. The maximum Gasteiger partial charge on any atom is 0.313 e. The van der Waals surface area contributed by atoms with E-state index in [1.807, 2.05) is 19.9 Å². The number of nitrogens with one attached hydrogen (secondary N) is 2. The first-order chi connectivity index (χ1) is 9.83. The van der Waals surface area contributed by atoms with Gasteiger partial charge in [-0.15, -0.1) is 0 Å². The predicted octanol–water partition coefficient (Wildman–Crippen LogP) is 2.25. The molecule has 0 aliphatic rings. The van der Waals surface area contributed by atoms with Gasteiger partial charge in [-0.2, -0.15) is 0 Å². The molecule has 0 aliphatic heterocycles. The van der Waals surface area contributed by atoms with Crippen molar-refractivity contribution in [3.05, 3.63) is 28.8 Å². The fourth-order valence-corrected chi connectivity index (χ4v) is 2.00. The van der Waals surface area contributed by atoms with Crippen LogP contribution in [0, 0.1) is 6.92 Å². The Morgan fingerprint density at radius 1 is 1.33 bits per heavy atom. The Balaban J connectivity index is 2.75. The summed E-state index contributed by atoms with van der Waals surface area (Å²) in [6, 6.07) is 5.19. The molecule has 0 bridgehead atoms. The van der Waals surface area contributed by atoms with Gasteiger partial charge in [-0.25, -0.2) is 0 Å². The zero-order valence-corrected chi connectivity index (χ0v) is 13.3. The number of hydrogen-bond donors (Lipinski definition) is 3. The Morgan fingerprint density at radius 3 is 2.57 bits per heavy atom. The Morgan fingerprint density at radius 2 is 2.00 bits per heavy atom. The molecule has 3 N–H and O–H groups in total. The van der Waals surface area contributed by atoms with Crippen LogP contribution in [0.3, 0.4) is 0 Å². The van der Waals surface area contributed by atoms with Crippen LogP contribution >= 0.6 is 11.6 Å². The van der Waals surface area contributed by atoms with Crippen LogP contribution in [0.25, 0.3) is 0 Å². The molecular formula is C15H21ClN2O3. The van der Waals surface area contributed by atoms with Gasteiger partial charge in [0.2, 0.25) is 0 Å². The smallest absolute Gasteiger partial charge is 0.313 e. The molecule has 116 valence electrons. The molecule has 0 aromatic heterocycles. The van der Waals surface area contributed by atoms with Gasteiger partial charge < -0.3 is 15.7 Å². The van der Waals surface area contributed by atoms with E-state index < -0.39 is 17.4 Å². The van der Waals surface area contributed by atoms with Crippen molar-refractivity contribution in [3.63, 3.8) is 0 Å². The van der Waals surface area contributed by atoms with E-state index in [1.165, 1.54) is 0 Å². The normalized spacial score (nSPS) is 13.4. The van der Waals surface area contributed by atoms with Crippen molar-refractivity contribution in [2.24, 2.45) is 0 Å². The van der Waals surface area contributed by atoms with Crippen molar-refractivity contribution < 1.29 is 14.7 Å². The number of anilines is 1. The lowest BCUT2D eigenvalue weighted by atomic mass is 9.95. The summed E-state index contributed by atoms with van der Waals surface area (Å²) >= 11 is 6.07. The summed E-state index contributed by atoms with van der Waals surface area (Å²) in [5.41, 5.74) is 0.602. The summed E-state index contributed by atoms with van der Waals surface area (Å²) in [6.45, 7) is 5.42. The third kappa shape index (κ3) is 4.72. The number of carbonyl (C=O) groups is 2. The number of benzene rings is 1. The van der Waals surface area contributed by atoms with Gasteiger partial charge in [0.15, 0.2) is 0 Å².